The van der Waals surface area contributed by atoms with Crippen molar-refractivity contribution in [3.63, 3.8) is 0 Å². The van der Waals surface area contributed by atoms with Crippen molar-refractivity contribution in [2.75, 3.05) is 37.7 Å². The molecule has 4 heterocycles. The van der Waals surface area contributed by atoms with Crippen LogP contribution in [0.25, 0.3) is 22.7 Å². The van der Waals surface area contributed by atoms with E-state index in [-0.39, 0.29) is 0 Å². The number of rotatable bonds is 7. The van der Waals surface area contributed by atoms with Gasteiger partial charge in [-0.3, -0.25) is 4.90 Å². The molecular weight excluding hydrogens is 422 g/mol. The minimum Gasteiger partial charge on any atom is -0.478 e. The largest absolute Gasteiger partial charge is 0.478 e. The molecule has 0 aliphatic carbocycles. The Morgan fingerprint density at radius 3 is 2.64 bits per heavy atom. The first-order chi connectivity index (χ1) is 16.2. The van der Waals surface area contributed by atoms with Crippen LogP contribution in [0, 0.1) is 6.92 Å². The van der Waals surface area contributed by atoms with Gasteiger partial charge < -0.3 is 18.6 Å². The molecule has 0 spiro atoms. The monoisotopic (exact) mass is 447 g/mol. The van der Waals surface area contributed by atoms with Crippen molar-refractivity contribution in [1.82, 2.24) is 30.2 Å². The summed E-state index contributed by atoms with van der Waals surface area (Å²) in [7, 11) is 0. The summed E-state index contributed by atoms with van der Waals surface area (Å²) in [5, 5.41) is 12.7. The lowest BCUT2D eigenvalue weighted by molar-refractivity contribution is 0.225. The predicted octanol–water partition coefficient (Wildman–Crippen LogP) is 3.21. The van der Waals surface area contributed by atoms with Crippen molar-refractivity contribution in [1.29, 1.82) is 0 Å². The van der Waals surface area contributed by atoms with Gasteiger partial charge in [-0.1, -0.05) is 35.5 Å². The van der Waals surface area contributed by atoms with Gasteiger partial charge in [-0.15, -0.1) is 10.2 Å². The van der Waals surface area contributed by atoms with E-state index in [1.54, 1.807) is 12.3 Å². The van der Waals surface area contributed by atoms with Crippen molar-refractivity contribution in [2.45, 2.75) is 20.4 Å². The summed E-state index contributed by atoms with van der Waals surface area (Å²) in [5.41, 5.74) is 2.37. The van der Waals surface area contributed by atoms with Crippen molar-refractivity contribution < 1.29 is 13.7 Å². The van der Waals surface area contributed by atoms with Crippen LogP contribution in [0.1, 0.15) is 18.6 Å². The second kappa shape index (κ2) is 9.37. The van der Waals surface area contributed by atoms with Crippen molar-refractivity contribution >= 4 is 5.95 Å². The van der Waals surface area contributed by atoms with E-state index in [2.05, 4.69) is 35.1 Å². The Morgan fingerprint density at radius 2 is 1.85 bits per heavy atom. The molecule has 1 aliphatic rings. The highest BCUT2D eigenvalue weighted by molar-refractivity contribution is 5.77. The van der Waals surface area contributed by atoms with Gasteiger partial charge in [0, 0.05) is 44.0 Å². The molecule has 33 heavy (non-hydrogen) atoms. The number of nitrogens with zero attached hydrogens (tertiary/aromatic N) is 7. The number of aromatic nitrogens is 5. The molecule has 0 bridgehead atoms. The van der Waals surface area contributed by atoms with Crippen LogP contribution in [0.2, 0.25) is 0 Å². The zero-order valence-corrected chi connectivity index (χ0v) is 18.6. The number of ether oxygens (including phenoxy) is 1. The first-order valence-corrected chi connectivity index (χ1v) is 11.0. The molecule has 3 aromatic heterocycles. The minimum atomic E-state index is 0.419. The van der Waals surface area contributed by atoms with Gasteiger partial charge in [-0.05, 0) is 13.8 Å². The Morgan fingerprint density at radius 1 is 1.03 bits per heavy atom. The highest BCUT2D eigenvalue weighted by Gasteiger charge is 2.24. The molecule has 0 amide bonds. The molecule has 0 N–H and O–H groups in total. The summed E-state index contributed by atoms with van der Waals surface area (Å²) in [6, 6.07) is 11.6. The highest BCUT2D eigenvalue weighted by Crippen LogP contribution is 2.33. The third-order valence-corrected chi connectivity index (χ3v) is 5.51. The normalized spacial score (nSPS) is 14.5. The number of anilines is 1. The lowest BCUT2D eigenvalue weighted by Crippen LogP contribution is -2.46. The van der Waals surface area contributed by atoms with Crippen LogP contribution in [0.4, 0.5) is 5.95 Å². The van der Waals surface area contributed by atoms with E-state index >= 15 is 0 Å². The maximum atomic E-state index is 6.01. The molecule has 1 fully saturated rings. The Labute approximate surface area is 191 Å². The number of aryl methyl sites for hydroxylation is 1. The van der Waals surface area contributed by atoms with Gasteiger partial charge in [0.15, 0.2) is 0 Å². The summed E-state index contributed by atoms with van der Waals surface area (Å²) >= 11 is 0. The molecule has 4 aromatic rings. The Kier molecular flexibility index (Phi) is 5.99. The number of hydrogen-bond donors (Lipinski definition) is 0. The zero-order chi connectivity index (χ0) is 22.6. The first-order valence-electron chi connectivity index (χ1n) is 11.0. The van der Waals surface area contributed by atoms with Gasteiger partial charge >= 0.3 is 0 Å². The first kappa shape index (κ1) is 21.1. The van der Waals surface area contributed by atoms with Crippen molar-refractivity contribution in [2.24, 2.45) is 0 Å². The quantitative estimate of drug-likeness (QED) is 0.419. The van der Waals surface area contributed by atoms with Crippen molar-refractivity contribution in [3.05, 3.63) is 54.2 Å². The number of piperazine rings is 1. The van der Waals surface area contributed by atoms with Crippen LogP contribution in [0.3, 0.4) is 0 Å². The van der Waals surface area contributed by atoms with Crippen LogP contribution < -0.4 is 9.64 Å². The maximum absolute atomic E-state index is 6.01. The zero-order valence-electron chi connectivity index (χ0n) is 18.6. The highest BCUT2D eigenvalue weighted by atomic mass is 16.5. The maximum Gasteiger partial charge on any atom is 0.253 e. The molecule has 0 radical (unpaired) electrons. The van der Waals surface area contributed by atoms with E-state index in [1.807, 2.05) is 44.2 Å². The third kappa shape index (κ3) is 4.56. The molecule has 1 saturated heterocycles. The molecule has 10 heteroatoms. The van der Waals surface area contributed by atoms with Crippen LogP contribution in [-0.2, 0) is 6.54 Å². The minimum absolute atomic E-state index is 0.419. The van der Waals surface area contributed by atoms with E-state index in [1.165, 1.54) is 0 Å². The fraction of sp³-hybridized carbons (Fsp3) is 0.348. The summed E-state index contributed by atoms with van der Waals surface area (Å²) in [4.78, 5) is 13.3. The van der Waals surface area contributed by atoms with Crippen LogP contribution in [0.15, 0.2) is 51.5 Å². The topological polar surface area (TPSA) is 106 Å². The van der Waals surface area contributed by atoms with Gasteiger partial charge in [0.25, 0.3) is 5.89 Å². The molecule has 170 valence electrons. The Balaban J connectivity index is 1.24. The second-order valence-corrected chi connectivity index (χ2v) is 7.72. The van der Waals surface area contributed by atoms with Gasteiger partial charge in [0.1, 0.15) is 17.0 Å². The average molecular weight is 447 g/mol. The summed E-state index contributed by atoms with van der Waals surface area (Å²) < 4.78 is 16.9. The Bertz CT molecular complexity index is 1200. The smallest absolute Gasteiger partial charge is 0.253 e. The van der Waals surface area contributed by atoms with Gasteiger partial charge in [-0.2, -0.15) is 4.98 Å². The molecular formula is C23H25N7O3. The molecule has 0 atom stereocenters. The van der Waals surface area contributed by atoms with Gasteiger partial charge in [0.2, 0.25) is 17.7 Å². The standard InChI is InChI=1S/C23H25N7O3/c1-3-31-18-9-10-24-23(25-18)30-13-11-29(12-14-30)15-19-26-27-22(32-19)20-16(2)33-28-21(20)17-7-5-4-6-8-17/h4-10H,3,11-15H2,1-2H3. The molecule has 1 aliphatic heterocycles. The van der Waals surface area contributed by atoms with E-state index in [9.17, 15) is 0 Å². The lowest BCUT2D eigenvalue weighted by Gasteiger charge is -2.33. The molecule has 0 saturated carbocycles. The van der Waals surface area contributed by atoms with E-state index in [0.717, 1.165) is 37.3 Å². The third-order valence-electron chi connectivity index (χ3n) is 5.51. The summed E-state index contributed by atoms with van der Waals surface area (Å²) in [6.07, 6.45) is 1.73. The van der Waals surface area contributed by atoms with Crippen LogP contribution in [0.5, 0.6) is 5.88 Å². The fourth-order valence-corrected chi connectivity index (χ4v) is 3.85. The van der Waals surface area contributed by atoms with Crippen LogP contribution >= 0.6 is 0 Å². The second-order valence-electron chi connectivity index (χ2n) is 7.72. The average Bonchev–Trinajstić information content (AvgIpc) is 3.46. The predicted molar refractivity (Wildman–Crippen MR) is 121 cm³/mol. The van der Waals surface area contributed by atoms with E-state index in [0.29, 0.717) is 48.2 Å². The molecule has 0 unspecified atom stereocenters. The molecule has 10 nitrogen and oxygen atoms in total. The summed E-state index contributed by atoms with van der Waals surface area (Å²) in [6.45, 7) is 8.22. The lowest BCUT2D eigenvalue weighted by atomic mass is 10.1. The molecule has 1 aromatic carbocycles. The van der Waals surface area contributed by atoms with Crippen LogP contribution in [-0.4, -0.2) is 63.0 Å². The summed E-state index contributed by atoms with van der Waals surface area (Å²) in [5.74, 6) is 2.92. The van der Waals surface area contributed by atoms with Gasteiger partial charge in [0.05, 0.1) is 13.2 Å². The fourth-order valence-electron chi connectivity index (χ4n) is 3.85. The number of hydrogen-bond acceptors (Lipinski definition) is 10. The van der Waals surface area contributed by atoms with E-state index in [4.69, 9.17) is 13.7 Å². The molecule has 5 rings (SSSR count). The van der Waals surface area contributed by atoms with Gasteiger partial charge in [-0.25, -0.2) is 4.98 Å². The van der Waals surface area contributed by atoms with E-state index < -0.39 is 0 Å². The Hall–Kier alpha value is -3.79. The van der Waals surface area contributed by atoms with Crippen molar-refractivity contribution in [3.8, 4) is 28.6 Å². The SMILES string of the molecule is CCOc1ccnc(N2CCN(Cc3nnc(-c4c(-c5ccccc5)noc4C)o3)CC2)n1. The number of benzene rings is 1.